The maximum absolute atomic E-state index is 14.7. The predicted molar refractivity (Wildman–Crippen MR) is 277 cm³/mol. The van der Waals surface area contributed by atoms with Gasteiger partial charge in [-0.25, -0.2) is 9.59 Å². The minimum Gasteiger partial charge on any atom is -0.489 e. The molecule has 11 heteroatoms. The molecular formula is C60H52NO9P+2. The summed E-state index contributed by atoms with van der Waals surface area (Å²) in [5.74, 6) is 0.237. The first kappa shape index (κ1) is 48.1. The van der Waals surface area contributed by atoms with Crippen LogP contribution in [0.15, 0.2) is 200 Å². The molecule has 0 fully saturated rings. The van der Waals surface area contributed by atoms with Crippen LogP contribution in [0.3, 0.4) is 0 Å². The van der Waals surface area contributed by atoms with Gasteiger partial charge in [0, 0.05) is 17.7 Å². The van der Waals surface area contributed by atoms with Gasteiger partial charge < -0.3 is 14.2 Å². The van der Waals surface area contributed by atoms with Gasteiger partial charge in [0.05, 0.1) is 21.9 Å². The fourth-order valence-electron chi connectivity index (χ4n) is 8.22. The lowest BCUT2D eigenvalue weighted by Gasteiger charge is -2.18. The third-order valence-electron chi connectivity index (χ3n) is 11.9. The van der Waals surface area contributed by atoms with Crippen molar-refractivity contribution in [3.8, 4) is 11.5 Å². The molecule has 9 aromatic rings. The number of nitrogens with zero attached hydrogens (tertiary/aromatic N) is 1. The van der Waals surface area contributed by atoms with Gasteiger partial charge >= 0.3 is 20.1 Å². The van der Waals surface area contributed by atoms with Crippen LogP contribution in [0.5, 0.6) is 11.5 Å². The maximum Gasteiger partial charge on any atom is 0.619 e. The number of pyridine rings is 1. The van der Waals surface area contributed by atoms with Crippen LogP contribution in [0.2, 0.25) is 0 Å². The zero-order valence-corrected chi connectivity index (χ0v) is 40.5. The summed E-state index contributed by atoms with van der Waals surface area (Å²) in [5.41, 5.74) is 8.24. The molecule has 0 saturated heterocycles. The SMILES string of the molecule is Cc1cc(C(=O)OCc2ccccc2)cc(C)c1OC(=O)c1c2ccccc2[n+](C)c2cc(C(=Cc3ccc(OCc4ccccc4)cc3)O[P+](O)(OCc3ccccc3)OCc3ccccc3)ccc12. The third-order valence-corrected chi connectivity index (χ3v) is 13.2. The zero-order valence-electron chi connectivity index (χ0n) is 39.6. The number of hydrogen-bond acceptors (Lipinski definition) is 9. The Morgan fingerprint density at radius 2 is 1.04 bits per heavy atom. The molecule has 0 spiro atoms. The highest BCUT2D eigenvalue weighted by atomic mass is 31.2. The van der Waals surface area contributed by atoms with E-state index in [1.807, 2.05) is 206 Å². The second kappa shape index (κ2) is 22.2. The average molecular weight is 962 g/mol. The quantitative estimate of drug-likeness (QED) is 0.0171. The van der Waals surface area contributed by atoms with Crippen molar-refractivity contribution in [3.05, 3.63) is 256 Å². The molecule has 0 saturated carbocycles. The van der Waals surface area contributed by atoms with E-state index >= 15 is 0 Å². The monoisotopic (exact) mass is 961 g/mol. The number of carbonyl (C=O) groups excluding carboxylic acids is 2. The predicted octanol–water partition coefficient (Wildman–Crippen LogP) is 13.2. The number of ether oxygens (including phenoxy) is 3. The molecule has 1 heterocycles. The van der Waals surface area contributed by atoms with Crippen LogP contribution in [0, 0.1) is 13.8 Å². The number of para-hydroxylation sites is 1. The Kier molecular flexibility index (Phi) is 15.0. The molecule has 10 nitrogen and oxygen atoms in total. The first-order chi connectivity index (χ1) is 34.6. The Labute approximate surface area is 413 Å². The first-order valence-corrected chi connectivity index (χ1v) is 24.6. The van der Waals surface area contributed by atoms with Gasteiger partial charge in [-0.1, -0.05) is 146 Å². The third kappa shape index (κ3) is 11.9. The molecule has 0 aliphatic carbocycles. The number of hydrogen-bond donors (Lipinski definition) is 1. The minimum atomic E-state index is -4.13. The van der Waals surface area contributed by atoms with Crippen molar-refractivity contribution in [2.75, 3.05) is 0 Å². The van der Waals surface area contributed by atoms with E-state index in [4.69, 9.17) is 27.8 Å². The van der Waals surface area contributed by atoms with Crippen molar-refractivity contribution in [3.63, 3.8) is 0 Å². The van der Waals surface area contributed by atoms with Crippen molar-refractivity contribution in [1.29, 1.82) is 0 Å². The van der Waals surface area contributed by atoms with E-state index in [9.17, 15) is 14.5 Å². The van der Waals surface area contributed by atoms with E-state index < -0.39 is 20.1 Å². The Balaban J connectivity index is 1.08. The summed E-state index contributed by atoms with van der Waals surface area (Å²) in [6, 6.07) is 62.6. The van der Waals surface area contributed by atoms with Gasteiger partial charge in [-0.2, -0.15) is 9.46 Å². The molecule has 0 unspecified atom stereocenters. The van der Waals surface area contributed by atoms with Gasteiger partial charge in [0.15, 0.2) is 5.76 Å². The molecule has 0 amide bonds. The first-order valence-electron chi connectivity index (χ1n) is 23.2. The summed E-state index contributed by atoms with van der Waals surface area (Å²) in [6.07, 6.45) is 1.81. The lowest BCUT2D eigenvalue weighted by atomic mass is 9.99. The minimum absolute atomic E-state index is 0.0186. The number of carbonyl (C=O) groups is 2. The van der Waals surface area contributed by atoms with Crippen molar-refractivity contribution in [2.24, 2.45) is 7.05 Å². The molecule has 8 aromatic carbocycles. The number of benzene rings is 8. The molecule has 0 bridgehead atoms. The molecule has 0 aliphatic heterocycles. The largest absolute Gasteiger partial charge is 0.619 e. The van der Waals surface area contributed by atoms with Gasteiger partial charge in [0.1, 0.15) is 45.0 Å². The summed E-state index contributed by atoms with van der Waals surface area (Å²) in [5, 5.41) is 1.29. The van der Waals surface area contributed by atoms with Crippen LogP contribution in [0.4, 0.5) is 0 Å². The van der Waals surface area contributed by atoms with Gasteiger partial charge in [-0.15, -0.1) is 9.05 Å². The molecule has 9 rings (SSSR count). The maximum atomic E-state index is 14.7. The topological polar surface area (TPSA) is 114 Å². The van der Waals surface area contributed by atoms with Gasteiger partial charge in [-0.05, 0) is 101 Å². The Morgan fingerprint density at radius 1 is 0.535 bits per heavy atom. The fraction of sp³-hybridized carbons (Fsp3) is 0.117. The smallest absolute Gasteiger partial charge is 0.489 e. The van der Waals surface area contributed by atoms with E-state index in [1.165, 1.54) is 0 Å². The molecule has 0 atom stereocenters. The average Bonchev–Trinajstić information content (AvgIpc) is 3.41. The van der Waals surface area contributed by atoms with Crippen molar-refractivity contribution in [1.82, 2.24) is 0 Å². The summed E-state index contributed by atoms with van der Waals surface area (Å²) in [4.78, 5) is 40.2. The summed E-state index contributed by atoms with van der Waals surface area (Å²) in [7, 11) is -2.20. The van der Waals surface area contributed by atoms with Crippen LogP contribution >= 0.6 is 8.17 Å². The van der Waals surface area contributed by atoms with Gasteiger partial charge in [0.2, 0.25) is 11.0 Å². The normalized spacial score (nSPS) is 11.6. The molecule has 0 aliphatic rings. The molecule has 1 aromatic heterocycles. The molecular weight excluding hydrogens is 910 g/mol. The van der Waals surface area contributed by atoms with E-state index in [0.29, 0.717) is 62.2 Å². The number of aromatic nitrogens is 1. The second-order valence-corrected chi connectivity index (χ2v) is 18.6. The Morgan fingerprint density at radius 3 is 1.62 bits per heavy atom. The summed E-state index contributed by atoms with van der Waals surface area (Å²) in [6.45, 7) is 4.18. The van der Waals surface area contributed by atoms with Crippen molar-refractivity contribution < 1.29 is 46.8 Å². The van der Waals surface area contributed by atoms with Crippen molar-refractivity contribution >= 4 is 53.7 Å². The highest BCUT2D eigenvalue weighted by Gasteiger charge is 2.48. The number of esters is 2. The van der Waals surface area contributed by atoms with Gasteiger partial charge in [0.25, 0.3) is 0 Å². The molecule has 0 radical (unpaired) electrons. The van der Waals surface area contributed by atoms with Crippen LogP contribution in [-0.4, -0.2) is 16.8 Å². The van der Waals surface area contributed by atoms with E-state index in [2.05, 4.69) is 0 Å². The van der Waals surface area contributed by atoms with E-state index in [0.717, 1.165) is 33.3 Å². The van der Waals surface area contributed by atoms with Crippen LogP contribution < -0.4 is 14.0 Å². The summed E-state index contributed by atoms with van der Waals surface area (Å²) >= 11 is 0. The number of rotatable bonds is 18. The second-order valence-electron chi connectivity index (χ2n) is 17.0. The lowest BCUT2D eigenvalue weighted by Crippen LogP contribution is -2.31. The van der Waals surface area contributed by atoms with Gasteiger partial charge in [-0.3, -0.25) is 4.52 Å². The van der Waals surface area contributed by atoms with E-state index in [-0.39, 0.29) is 25.6 Å². The molecule has 354 valence electrons. The van der Waals surface area contributed by atoms with Crippen LogP contribution in [0.25, 0.3) is 33.6 Å². The summed E-state index contributed by atoms with van der Waals surface area (Å²) < 4.78 is 39.1. The van der Waals surface area contributed by atoms with Crippen molar-refractivity contribution in [2.45, 2.75) is 40.3 Å². The molecule has 1 N–H and O–H groups in total. The fourth-order valence-corrected chi connectivity index (χ4v) is 9.43. The Bertz CT molecular complexity index is 3260. The Hall–Kier alpha value is -7.98. The van der Waals surface area contributed by atoms with Crippen LogP contribution in [0.1, 0.15) is 65.2 Å². The number of fused-ring (bicyclic) bond motifs is 2. The molecule has 71 heavy (non-hydrogen) atoms. The van der Waals surface area contributed by atoms with E-state index in [1.54, 1.807) is 26.0 Å². The zero-order chi connectivity index (χ0) is 49.2. The lowest BCUT2D eigenvalue weighted by molar-refractivity contribution is -0.617. The number of aryl methyl sites for hydroxylation is 3. The van der Waals surface area contributed by atoms with Crippen LogP contribution in [-0.2, 0) is 51.8 Å². The standard InChI is InChI=1S/C60H52NO9P/c1-42-34-50(59(62)66-39-46-20-10-5-11-21-46)35-43(2)58(42)69-60(63)57-52-26-16-17-27-54(52)61(3)55-37-49(30-33-53(55)57)56(36-44-28-31-51(32-29-44)65-38-45-18-8-4-9-19-45)70-71(64,67-40-47-22-12-6-13-23-47)68-41-48-24-14-7-15-25-48/h4-37,64H,38-41H2,1-3H3/q+2. The highest BCUT2D eigenvalue weighted by Crippen LogP contribution is 2.62. The highest BCUT2D eigenvalue weighted by molar-refractivity contribution is 7.55.